The molecule has 0 saturated heterocycles. The Morgan fingerprint density at radius 1 is 0.944 bits per heavy atom. The van der Waals surface area contributed by atoms with Crippen LogP contribution in [0.25, 0.3) is 0 Å². The number of carbonyl (C=O) groups excluding carboxylic acids is 4. The van der Waals surface area contributed by atoms with Crippen LogP contribution in [0.2, 0.25) is 0 Å². The van der Waals surface area contributed by atoms with Gasteiger partial charge in [0.1, 0.15) is 33.1 Å². The van der Waals surface area contributed by atoms with Gasteiger partial charge in [-0.3, -0.25) is 24.1 Å². The minimum Gasteiger partial charge on any atom is -0.483 e. The number of hydrogen-bond donors (Lipinski definition) is 3. The Balaban J connectivity index is 1.64. The van der Waals surface area contributed by atoms with E-state index in [2.05, 4.69) is 10.6 Å². The van der Waals surface area contributed by atoms with Gasteiger partial charge >= 0.3 is 5.97 Å². The number of ether oxygens (including phenoxy) is 1. The summed E-state index contributed by atoms with van der Waals surface area (Å²) >= 11 is 2.34. The van der Waals surface area contributed by atoms with Gasteiger partial charge in [0.2, 0.25) is 16.9 Å². The van der Waals surface area contributed by atoms with Gasteiger partial charge in [0.25, 0.3) is 5.91 Å². The summed E-state index contributed by atoms with van der Waals surface area (Å²) in [6.07, 6.45) is 6.34. The van der Waals surface area contributed by atoms with Gasteiger partial charge in [-0.15, -0.1) is 11.8 Å². The predicted molar refractivity (Wildman–Crippen MR) is 211 cm³/mol. The van der Waals surface area contributed by atoms with E-state index >= 15 is 0 Å². The summed E-state index contributed by atoms with van der Waals surface area (Å²) in [5, 5.41) is 14.4. The number of para-hydroxylation sites is 1. The standard InChI is InChI=1S/C39H47N3O9S3/c1-5-7-20-39(21-8-6-2)37(47)42(27-17-13-10-14-18-27)29-23-32(52-3)30(24-31(29)53-38(39)48)51-25-33(43)41-34(26-15-11-9-12-16-26)35(44)40-28(36(45)46)19-22-54(4,49)50/h9-18,23-24,28,34H,5-8,19-22,25H2,1-4H3,(H,40,44)(H,41,43)(H,45,46)/t28-,34+/m0/s1. The topological polar surface area (TPSA) is 176 Å². The zero-order chi connectivity index (χ0) is 39.5. The third-order valence-corrected chi connectivity index (χ3v) is 11.9. The zero-order valence-electron chi connectivity index (χ0n) is 30.8. The SMILES string of the molecule is CCCCC1(CCCC)C(=O)Sc2cc(OCC(=O)N[C@@H](C(=O)N[C@@H](CCS(C)(=O)=O)C(=O)O)c3ccccc3)c(SC)cc2N(c2ccccc2)C1=O. The second kappa shape index (κ2) is 19.3. The molecule has 3 aromatic carbocycles. The van der Waals surface area contributed by atoms with Crippen LogP contribution in [0.4, 0.5) is 11.4 Å². The van der Waals surface area contributed by atoms with E-state index in [0.717, 1.165) is 30.9 Å². The first-order chi connectivity index (χ1) is 25.7. The molecule has 0 saturated carbocycles. The summed E-state index contributed by atoms with van der Waals surface area (Å²) in [5.41, 5.74) is 0.290. The van der Waals surface area contributed by atoms with Crippen molar-refractivity contribution in [3.05, 3.63) is 78.4 Å². The van der Waals surface area contributed by atoms with Gasteiger partial charge in [0.05, 0.1) is 16.3 Å². The summed E-state index contributed by atoms with van der Waals surface area (Å²) in [5.74, 6) is -3.40. The summed E-state index contributed by atoms with van der Waals surface area (Å²) in [4.78, 5) is 70.4. The van der Waals surface area contributed by atoms with Crippen LogP contribution < -0.4 is 20.3 Å². The first-order valence-corrected chi connectivity index (χ1v) is 21.9. The highest BCUT2D eigenvalue weighted by Gasteiger charge is 2.50. The molecule has 290 valence electrons. The van der Waals surface area contributed by atoms with Gasteiger partial charge in [0, 0.05) is 16.8 Å². The first kappa shape index (κ1) is 42.4. The molecule has 0 spiro atoms. The van der Waals surface area contributed by atoms with Crippen molar-refractivity contribution in [2.45, 2.75) is 80.7 Å². The molecular formula is C39H47N3O9S3. The lowest BCUT2D eigenvalue weighted by Crippen LogP contribution is -2.48. The quantitative estimate of drug-likeness (QED) is 0.0915. The lowest BCUT2D eigenvalue weighted by Gasteiger charge is -2.34. The Labute approximate surface area is 325 Å². The number of nitrogens with one attached hydrogen (secondary N) is 2. The smallest absolute Gasteiger partial charge is 0.326 e. The van der Waals surface area contributed by atoms with Gasteiger partial charge in [-0.25, -0.2) is 13.2 Å². The number of aliphatic carboxylic acids is 1. The number of sulfone groups is 1. The van der Waals surface area contributed by atoms with E-state index in [0.29, 0.717) is 58.2 Å². The Morgan fingerprint density at radius 2 is 1.56 bits per heavy atom. The molecule has 1 aliphatic heterocycles. The fraction of sp³-hybridized carbons (Fsp3) is 0.410. The van der Waals surface area contributed by atoms with Crippen LogP contribution >= 0.6 is 23.5 Å². The minimum atomic E-state index is -3.51. The fourth-order valence-corrected chi connectivity index (χ4v) is 8.46. The van der Waals surface area contributed by atoms with Crippen LogP contribution in [0, 0.1) is 5.41 Å². The molecule has 1 heterocycles. The number of hydrogen-bond acceptors (Lipinski definition) is 10. The average molecular weight is 798 g/mol. The highest BCUT2D eigenvalue weighted by atomic mass is 32.2. The number of carboxylic acid groups (broad SMARTS) is 1. The van der Waals surface area contributed by atoms with Crippen molar-refractivity contribution in [3.63, 3.8) is 0 Å². The van der Waals surface area contributed by atoms with Crippen LogP contribution in [0.5, 0.6) is 5.75 Å². The minimum absolute atomic E-state index is 0.234. The van der Waals surface area contributed by atoms with Crippen LogP contribution in [-0.2, 0) is 33.8 Å². The molecule has 1 aliphatic rings. The maximum Gasteiger partial charge on any atom is 0.326 e. The molecule has 0 bridgehead atoms. The number of rotatable bonds is 19. The Bertz CT molecular complexity index is 1920. The highest BCUT2D eigenvalue weighted by Crippen LogP contribution is 2.51. The van der Waals surface area contributed by atoms with Gasteiger partial charge in [-0.2, -0.15) is 0 Å². The maximum atomic E-state index is 14.7. The molecule has 0 aromatic heterocycles. The molecule has 15 heteroatoms. The van der Waals surface area contributed by atoms with E-state index in [9.17, 15) is 37.5 Å². The summed E-state index contributed by atoms with van der Waals surface area (Å²) < 4.78 is 29.4. The fourth-order valence-electron chi connectivity index (χ4n) is 6.14. The molecule has 4 rings (SSSR count). The lowest BCUT2D eigenvalue weighted by atomic mass is 9.77. The second-order valence-corrected chi connectivity index (χ2v) is 17.3. The lowest BCUT2D eigenvalue weighted by molar-refractivity contribution is -0.142. The average Bonchev–Trinajstić information content (AvgIpc) is 3.23. The number of anilines is 2. The monoisotopic (exact) mass is 797 g/mol. The van der Waals surface area contributed by atoms with Crippen molar-refractivity contribution in [1.82, 2.24) is 10.6 Å². The van der Waals surface area contributed by atoms with E-state index in [1.807, 2.05) is 50.4 Å². The van der Waals surface area contributed by atoms with E-state index in [4.69, 9.17) is 4.74 Å². The highest BCUT2D eigenvalue weighted by molar-refractivity contribution is 8.14. The second-order valence-electron chi connectivity index (χ2n) is 13.1. The number of unbranched alkanes of at least 4 members (excludes halogenated alkanes) is 2. The Kier molecular flexibility index (Phi) is 15.2. The van der Waals surface area contributed by atoms with E-state index in [1.165, 1.54) is 11.8 Å². The normalized spacial score (nSPS) is 15.1. The third-order valence-electron chi connectivity index (χ3n) is 9.07. The van der Waals surface area contributed by atoms with Gasteiger partial charge in [-0.1, -0.05) is 88.1 Å². The molecule has 3 aromatic rings. The molecule has 0 aliphatic carbocycles. The number of fused-ring (bicyclic) bond motifs is 1. The molecule has 54 heavy (non-hydrogen) atoms. The number of amides is 3. The van der Waals surface area contributed by atoms with Gasteiger partial charge < -0.3 is 20.5 Å². The van der Waals surface area contributed by atoms with Crippen molar-refractivity contribution in [1.29, 1.82) is 0 Å². The zero-order valence-corrected chi connectivity index (χ0v) is 33.3. The van der Waals surface area contributed by atoms with E-state index < -0.39 is 57.5 Å². The van der Waals surface area contributed by atoms with Crippen molar-refractivity contribution in [2.75, 3.05) is 29.8 Å². The molecular weight excluding hydrogens is 751 g/mol. The predicted octanol–water partition coefficient (Wildman–Crippen LogP) is 6.31. The molecule has 0 unspecified atom stereocenters. The molecule has 2 atom stereocenters. The molecule has 3 amide bonds. The number of benzene rings is 3. The number of thioether (sulfide) groups is 2. The Hall–Kier alpha value is -4.34. The van der Waals surface area contributed by atoms with Gasteiger partial charge in [0.15, 0.2) is 6.61 Å². The van der Waals surface area contributed by atoms with Crippen LogP contribution in [0.1, 0.15) is 70.4 Å². The van der Waals surface area contributed by atoms with Crippen LogP contribution in [-0.4, -0.2) is 73.2 Å². The largest absolute Gasteiger partial charge is 0.483 e. The van der Waals surface area contributed by atoms with Crippen molar-refractivity contribution < 1.29 is 42.2 Å². The summed E-state index contributed by atoms with van der Waals surface area (Å²) in [6.45, 7) is 3.52. The summed E-state index contributed by atoms with van der Waals surface area (Å²) in [6, 6.07) is 18.0. The Morgan fingerprint density at radius 3 is 2.11 bits per heavy atom. The number of carbonyl (C=O) groups is 5. The van der Waals surface area contributed by atoms with E-state index in [1.54, 1.807) is 47.4 Å². The van der Waals surface area contributed by atoms with E-state index in [-0.39, 0.29) is 17.4 Å². The van der Waals surface area contributed by atoms with Gasteiger partial charge in [-0.05, 0) is 67.1 Å². The third kappa shape index (κ3) is 10.7. The van der Waals surface area contributed by atoms with Crippen molar-refractivity contribution >= 4 is 73.5 Å². The van der Waals surface area contributed by atoms with Crippen LogP contribution in [0.3, 0.4) is 0 Å². The molecule has 0 radical (unpaired) electrons. The van der Waals surface area contributed by atoms with Crippen LogP contribution in [0.15, 0.2) is 82.6 Å². The maximum absolute atomic E-state index is 14.7. The number of carboxylic acids is 1. The van der Waals surface area contributed by atoms with Crippen molar-refractivity contribution in [2.24, 2.45) is 5.41 Å². The molecule has 0 fully saturated rings. The molecule has 3 N–H and O–H groups in total. The first-order valence-electron chi connectivity index (χ1n) is 17.8. The van der Waals surface area contributed by atoms with Crippen molar-refractivity contribution in [3.8, 4) is 5.75 Å². The summed E-state index contributed by atoms with van der Waals surface area (Å²) in [7, 11) is -3.51. The molecule has 12 nitrogen and oxygen atoms in total. The number of nitrogens with zero attached hydrogens (tertiary/aromatic N) is 1.